The average molecular weight is 396 g/mol. The molecule has 1 heterocycles. The molecule has 0 saturated carbocycles. The minimum atomic E-state index is -0.0502. The molecule has 1 amide bonds. The highest BCUT2D eigenvalue weighted by molar-refractivity contribution is 7.99. The van der Waals surface area contributed by atoms with Gasteiger partial charge in [-0.1, -0.05) is 67.6 Å². The Bertz CT molecular complexity index is 879. The van der Waals surface area contributed by atoms with Crippen LogP contribution in [0.2, 0.25) is 0 Å². The van der Waals surface area contributed by atoms with Gasteiger partial charge in [0, 0.05) is 0 Å². The van der Waals surface area contributed by atoms with Crippen molar-refractivity contribution in [1.82, 2.24) is 25.5 Å². The molecular formula is C21H25N5OS. The van der Waals surface area contributed by atoms with Crippen LogP contribution in [0.5, 0.6) is 0 Å². The monoisotopic (exact) mass is 395 g/mol. The predicted octanol–water partition coefficient (Wildman–Crippen LogP) is 3.97. The fourth-order valence-electron chi connectivity index (χ4n) is 2.85. The Kier molecular flexibility index (Phi) is 7.19. The van der Waals surface area contributed by atoms with Gasteiger partial charge in [-0.15, -0.1) is 5.10 Å². The highest BCUT2D eigenvalue weighted by Gasteiger charge is 2.14. The lowest BCUT2D eigenvalue weighted by Crippen LogP contribution is -2.28. The summed E-state index contributed by atoms with van der Waals surface area (Å²) < 4.78 is 1.67. The van der Waals surface area contributed by atoms with Gasteiger partial charge < -0.3 is 5.32 Å². The van der Waals surface area contributed by atoms with Crippen LogP contribution in [0, 0.1) is 0 Å². The number of carbonyl (C=O) groups is 1. The summed E-state index contributed by atoms with van der Waals surface area (Å²) in [7, 11) is 0. The normalized spacial score (nSPS) is 11.9. The van der Waals surface area contributed by atoms with E-state index in [1.807, 2.05) is 49.4 Å². The summed E-state index contributed by atoms with van der Waals surface area (Å²) in [5.41, 5.74) is 3.28. The van der Waals surface area contributed by atoms with Crippen molar-refractivity contribution in [2.24, 2.45) is 0 Å². The number of tetrazole rings is 1. The van der Waals surface area contributed by atoms with Crippen molar-refractivity contribution in [1.29, 1.82) is 0 Å². The molecular weight excluding hydrogens is 370 g/mol. The van der Waals surface area contributed by atoms with Crippen molar-refractivity contribution in [3.05, 3.63) is 65.7 Å². The Hall–Kier alpha value is -2.67. The first kappa shape index (κ1) is 20.1. The van der Waals surface area contributed by atoms with Crippen LogP contribution in [0.25, 0.3) is 5.69 Å². The molecule has 1 atom stereocenters. The van der Waals surface area contributed by atoms with E-state index < -0.39 is 0 Å². The number of unbranched alkanes of at least 4 members (excludes halogenated alkanes) is 1. The highest BCUT2D eigenvalue weighted by atomic mass is 32.2. The topological polar surface area (TPSA) is 72.7 Å². The minimum Gasteiger partial charge on any atom is -0.349 e. The Morgan fingerprint density at radius 3 is 2.61 bits per heavy atom. The maximum Gasteiger partial charge on any atom is 0.230 e. The van der Waals surface area contributed by atoms with Crippen molar-refractivity contribution in [3.8, 4) is 5.69 Å². The lowest BCUT2D eigenvalue weighted by Gasteiger charge is -2.14. The Balaban J connectivity index is 1.57. The third-order valence-corrected chi connectivity index (χ3v) is 5.37. The maximum absolute atomic E-state index is 12.3. The molecule has 146 valence electrons. The first-order valence-corrected chi connectivity index (χ1v) is 10.5. The zero-order valence-corrected chi connectivity index (χ0v) is 17.0. The summed E-state index contributed by atoms with van der Waals surface area (Å²) in [6.07, 6.45) is 3.44. The third-order valence-electron chi connectivity index (χ3n) is 4.45. The van der Waals surface area contributed by atoms with Crippen LogP contribution < -0.4 is 5.32 Å². The molecule has 0 unspecified atom stereocenters. The zero-order valence-electron chi connectivity index (χ0n) is 16.2. The van der Waals surface area contributed by atoms with Crippen molar-refractivity contribution < 1.29 is 4.79 Å². The molecule has 28 heavy (non-hydrogen) atoms. The summed E-state index contributed by atoms with van der Waals surface area (Å²) in [4.78, 5) is 12.3. The van der Waals surface area contributed by atoms with Crippen molar-refractivity contribution in [2.45, 2.75) is 44.3 Å². The number of aryl methyl sites for hydroxylation is 1. The van der Waals surface area contributed by atoms with Crippen LogP contribution in [0.15, 0.2) is 59.8 Å². The molecule has 0 fully saturated rings. The molecule has 0 spiro atoms. The van der Waals surface area contributed by atoms with Crippen LogP contribution in [-0.2, 0) is 11.2 Å². The van der Waals surface area contributed by atoms with Gasteiger partial charge in [-0.05, 0) is 53.5 Å². The van der Waals surface area contributed by atoms with E-state index in [0.29, 0.717) is 5.16 Å². The molecule has 0 saturated heterocycles. The molecule has 0 aliphatic rings. The molecule has 3 aromatic rings. The van der Waals surface area contributed by atoms with Crippen LogP contribution in [0.1, 0.15) is 43.9 Å². The van der Waals surface area contributed by atoms with Crippen LogP contribution in [-0.4, -0.2) is 31.9 Å². The second-order valence-corrected chi connectivity index (χ2v) is 7.57. The van der Waals surface area contributed by atoms with E-state index in [-0.39, 0.29) is 17.7 Å². The van der Waals surface area contributed by atoms with Gasteiger partial charge in [0.05, 0.1) is 17.5 Å². The van der Waals surface area contributed by atoms with Gasteiger partial charge >= 0.3 is 0 Å². The number of hydrogen-bond donors (Lipinski definition) is 1. The predicted molar refractivity (Wildman–Crippen MR) is 111 cm³/mol. The number of carbonyl (C=O) groups excluding carboxylic acids is 1. The van der Waals surface area contributed by atoms with E-state index in [1.54, 1.807) is 4.68 Å². The van der Waals surface area contributed by atoms with Crippen molar-refractivity contribution >= 4 is 17.7 Å². The highest BCUT2D eigenvalue weighted by Crippen LogP contribution is 2.19. The van der Waals surface area contributed by atoms with Gasteiger partial charge in [0.25, 0.3) is 0 Å². The van der Waals surface area contributed by atoms with E-state index in [0.717, 1.165) is 17.7 Å². The first-order valence-electron chi connectivity index (χ1n) is 9.52. The molecule has 0 bridgehead atoms. The summed E-state index contributed by atoms with van der Waals surface area (Å²) in [6.45, 7) is 4.16. The second kappa shape index (κ2) is 10.0. The molecule has 2 aromatic carbocycles. The quantitative estimate of drug-likeness (QED) is 0.555. The van der Waals surface area contributed by atoms with Gasteiger partial charge in [-0.2, -0.15) is 4.68 Å². The molecule has 6 nitrogen and oxygen atoms in total. The number of hydrogen-bond acceptors (Lipinski definition) is 5. The summed E-state index contributed by atoms with van der Waals surface area (Å²) in [6, 6.07) is 18.1. The molecule has 7 heteroatoms. The fraction of sp³-hybridized carbons (Fsp3) is 0.333. The first-order chi connectivity index (χ1) is 13.7. The number of thioether (sulfide) groups is 1. The fourth-order valence-corrected chi connectivity index (χ4v) is 3.56. The summed E-state index contributed by atoms with van der Waals surface area (Å²) in [5, 5.41) is 15.5. The van der Waals surface area contributed by atoms with E-state index in [9.17, 15) is 4.79 Å². The third kappa shape index (κ3) is 5.42. The Labute approximate surface area is 169 Å². The molecule has 0 radical (unpaired) electrons. The molecule has 0 aliphatic heterocycles. The zero-order chi connectivity index (χ0) is 19.8. The minimum absolute atomic E-state index is 0.0408. The lowest BCUT2D eigenvalue weighted by molar-refractivity contribution is -0.119. The number of nitrogens with one attached hydrogen (secondary N) is 1. The molecule has 3 rings (SSSR count). The van der Waals surface area contributed by atoms with Gasteiger partial charge in [0.2, 0.25) is 11.1 Å². The lowest BCUT2D eigenvalue weighted by atomic mass is 10.1. The number of aromatic nitrogens is 4. The van der Waals surface area contributed by atoms with E-state index in [2.05, 4.69) is 39.9 Å². The second-order valence-electron chi connectivity index (χ2n) is 6.63. The van der Waals surface area contributed by atoms with Gasteiger partial charge in [-0.3, -0.25) is 4.79 Å². The van der Waals surface area contributed by atoms with Crippen LogP contribution in [0.3, 0.4) is 0 Å². The van der Waals surface area contributed by atoms with Gasteiger partial charge in [-0.25, -0.2) is 0 Å². The number of rotatable bonds is 9. The van der Waals surface area contributed by atoms with Crippen molar-refractivity contribution in [3.63, 3.8) is 0 Å². The van der Waals surface area contributed by atoms with E-state index >= 15 is 0 Å². The van der Waals surface area contributed by atoms with E-state index in [1.165, 1.54) is 30.2 Å². The number of benzene rings is 2. The Morgan fingerprint density at radius 2 is 1.89 bits per heavy atom. The van der Waals surface area contributed by atoms with Crippen LogP contribution >= 0.6 is 11.8 Å². The molecule has 1 N–H and O–H groups in total. The smallest absolute Gasteiger partial charge is 0.230 e. The van der Waals surface area contributed by atoms with Gasteiger partial charge in [0.1, 0.15) is 0 Å². The largest absolute Gasteiger partial charge is 0.349 e. The molecule has 1 aromatic heterocycles. The number of nitrogens with zero attached hydrogens (tertiary/aromatic N) is 4. The SMILES string of the molecule is CCCCc1ccc(-n2nnnc2SCC(=O)N[C@@H](C)c2ccccc2)cc1. The summed E-state index contributed by atoms with van der Waals surface area (Å²) in [5.74, 6) is 0.206. The number of amides is 1. The average Bonchev–Trinajstić information content (AvgIpc) is 3.20. The molecule has 0 aliphatic carbocycles. The van der Waals surface area contributed by atoms with Crippen LogP contribution in [0.4, 0.5) is 0 Å². The standard InChI is InChI=1S/C21H25N5OS/c1-3-4-8-17-11-13-19(14-12-17)26-21(23-24-25-26)28-15-20(27)22-16(2)18-9-6-5-7-10-18/h5-7,9-14,16H,3-4,8,15H2,1-2H3,(H,22,27)/t16-/m0/s1. The Morgan fingerprint density at radius 1 is 1.14 bits per heavy atom. The van der Waals surface area contributed by atoms with E-state index in [4.69, 9.17) is 0 Å². The summed E-state index contributed by atoms with van der Waals surface area (Å²) >= 11 is 1.33. The van der Waals surface area contributed by atoms with Gasteiger partial charge in [0.15, 0.2) is 0 Å². The maximum atomic E-state index is 12.3. The van der Waals surface area contributed by atoms with Crippen molar-refractivity contribution in [2.75, 3.05) is 5.75 Å².